The van der Waals surface area contributed by atoms with E-state index in [0.29, 0.717) is 0 Å². The van der Waals surface area contributed by atoms with Gasteiger partial charge in [0.25, 0.3) is 0 Å². The zero-order valence-electron chi connectivity index (χ0n) is 12.4. The molecule has 2 nitrogen and oxygen atoms in total. The van der Waals surface area contributed by atoms with Crippen molar-refractivity contribution in [3.63, 3.8) is 0 Å². The highest BCUT2D eigenvalue weighted by Crippen LogP contribution is 2.27. The van der Waals surface area contributed by atoms with E-state index in [0.717, 1.165) is 18.8 Å². The maximum Gasteiger partial charge on any atom is 0.103 e. The molecule has 0 aliphatic heterocycles. The lowest BCUT2D eigenvalue weighted by molar-refractivity contribution is 0.678. The zero-order valence-corrected chi connectivity index (χ0v) is 14.0. The number of hydrogen-bond acceptors (Lipinski definition) is 4. The highest BCUT2D eigenvalue weighted by molar-refractivity contribution is 7.98. The second kappa shape index (κ2) is 7.81. The number of thiazole rings is 1. The van der Waals surface area contributed by atoms with Crippen LogP contribution in [0.2, 0.25) is 0 Å². The topological polar surface area (TPSA) is 24.9 Å². The quantitative estimate of drug-likeness (QED) is 0.600. The summed E-state index contributed by atoms with van der Waals surface area (Å²) in [6, 6.07) is 8.65. The van der Waals surface area contributed by atoms with E-state index in [-0.39, 0.29) is 0 Å². The molecule has 1 N–H and O–H groups in total. The van der Waals surface area contributed by atoms with Crippen LogP contribution in [0.3, 0.4) is 0 Å². The van der Waals surface area contributed by atoms with Crippen molar-refractivity contribution in [2.24, 2.45) is 0 Å². The highest BCUT2D eigenvalue weighted by Gasteiger charge is 2.07. The molecule has 0 amide bonds. The lowest BCUT2D eigenvalue weighted by Gasteiger charge is -2.00. The Balaban J connectivity index is 1.91. The van der Waals surface area contributed by atoms with Gasteiger partial charge in [0, 0.05) is 16.3 Å². The summed E-state index contributed by atoms with van der Waals surface area (Å²) in [5.41, 5.74) is 2.49. The number of nitrogens with one attached hydrogen (secondary N) is 1. The van der Waals surface area contributed by atoms with E-state index >= 15 is 0 Å². The lowest BCUT2D eigenvalue weighted by atomic mass is 10.2. The third-order valence-corrected chi connectivity index (χ3v) is 5.35. The minimum Gasteiger partial charge on any atom is -0.312 e. The van der Waals surface area contributed by atoms with Crippen LogP contribution in [0.4, 0.5) is 0 Å². The summed E-state index contributed by atoms with van der Waals surface area (Å²) in [4.78, 5) is 7.38. The monoisotopic (exact) mass is 306 g/mol. The van der Waals surface area contributed by atoms with Crippen LogP contribution in [0.5, 0.6) is 0 Å². The fourth-order valence-corrected chi connectivity index (χ4v) is 3.99. The highest BCUT2D eigenvalue weighted by atomic mass is 32.2. The maximum absolute atomic E-state index is 4.68. The van der Waals surface area contributed by atoms with Gasteiger partial charge in [0.15, 0.2) is 0 Å². The van der Waals surface area contributed by atoms with Crippen LogP contribution >= 0.6 is 23.1 Å². The molecule has 4 heteroatoms. The van der Waals surface area contributed by atoms with Gasteiger partial charge in [-0.15, -0.1) is 23.1 Å². The van der Waals surface area contributed by atoms with Crippen molar-refractivity contribution in [3.8, 4) is 0 Å². The lowest BCUT2D eigenvalue weighted by Crippen LogP contribution is -2.13. The SMILES string of the molecule is CCCNCc1sc(CSc2cccc(C)c2)nc1C. The second-order valence-electron chi connectivity index (χ2n) is 4.90. The summed E-state index contributed by atoms with van der Waals surface area (Å²) < 4.78 is 0. The van der Waals surface area contributed by atoms with Crippen molar-refractivity contribution in [1.82, 2.24) is 10.3 Å². The van der Waals surface area contributed by atoms with E-state index < -0.39 is 0 Å². The first-order valence-corrected chi connectivity index (χ1v) is 8.84. The van der Waals surface area contributed by atoms with Gasteiger partial charge in [-0.05, 0) is 38.9 Å². The van der Waals surface area contributed by atoms with Crippen LogP contribution in [0.15, 0.2) is 29.2 Å². The molecule has 1 aromatic heterocycles. The standard InChI is InChI=1S/C16H22N2S2/c1-4-8-17-10-15-13(3)18-16(20-15)11-19-14-7-5-6-12(2)9-14/h5-7,9,17H,4,8,10-11H2,1-3H3. The van der Waals surface area contributed by atoms with Gasteiger partial charge >= 0.3 is 0 Å². The van der Waals surface area contributed by atoms with E-state index in [1.807, 2.05) is 23.1 Å². The maximum atomic E-state index is 4.68. The number of hydrogen-bond donors (Lipinski definition) is 1. The first-order valence-electron chi connectivity index (χ1n) is 7.04. The average molecular weight is 307 g/mol. The van der Waals surface area contributed by atoms with E-state index in [1.165, 1.54) is 32.5 Å². The van der Waals surface area contributed by atoms with Gasteiger partial charge in [-0.2, -0.15) is 0 Å². The van der Waals surface area contributed by atoms with E-state index in [4.69, 9.17) is 0 Å². The molecule has 1 heterocycles. The van der Waals surface area contributed by atoms with Gasteiger partial charge in [0.2, 0.25) is 0 Å². The molecule has 0 bridgehead atoms. The number of nitrogens with zero attached hydrogens (tertiary/aromatic N) is 1. The van der Waals surface area contributed by atoms with Gasteiger partial charge in [-0.25, -0.2) is 4.98 Å². The smallest absolute Gasteiger partial charge is 0.103 e. The molecule has 0 saturated heterocycles. The van der Waals surface area contributed by atoms with Crippen molar-refractivity contribution in [1.29, 1.82) is 0 Å². The fourth-order valence-electron chi connectivity index (χ4n) is 1.94. The molecular weight excluding hydrogens is 284 g/mol. The van der Waals surface area contributed by atoms with Gasteiger partial charge in [0.1, 0.15) is 5.01 Å². The molecule has 1 aromatic carbocycles. The minimum absolute atomic E-state index is 0.951. The molecule has 2 aromatic rings. The number of aromatic nitrogens is 1. The molecule has 0 atom stereocenters. The third-order valence-electron chi connectivity index (χ3n) is 3.00. The predicted octanol–water partition coefficient (Wildman–Crippen LogP) is 4.55. The number of aryl methyl sites for hydroxylation is 2. The van der Waals surface area contributed by atoms with Crippen molar-refractivity contribution < 1.29 is 0 Å². The molecule has 0 saturated carbocycles. The summed E-state index contributed by atoms with van der Waals surface area (Å²) in [5.74, 6) is 0.961. The van der Waals surface area contributed by atoms with E-state index in [1.54, 1.807) is 0 Å². The van der Waals surface area contributed by atoms with Gasteiger partial charge in [0.05, 0.1) is 11.4 Å². The van der Waals surface area contributed by atoms with Crippen molar-refractivity contribution in [2.45, 2.75) is 44.4 Å². The Hall–Kier alpha value is -0.840. The first kappa shape index (κ1) is 15.5. The van der Waals surface area contributed by atoms with E-state index in [2.05, 4.69) is 55.3 Å². The first-order chi connectivity index (χ1) is 9.69. The summed E-state index contributed by atoms with van der Waals surface area (Å²) in [5, 5.41) is 4.67. The zero-order chi connectivity index (χ0) is 14.4. The average Bonchev–Trinajstić information content (AvgIpc) is 2.78. The van der Waals surface area contributed by atoms with Crippen LogP contribution < -0.4 is 5.32 Å². The Morgan fingerprint density at radius 3 is 2.90 bits per heavy atom. The largest absolute Gasteiger partial charge is 0.312 e. The number of rotatable bonds is 7. The van der Waals surface area contributed by atoms with Crippen molar-refractivity contribution in [2.75, 3.05) is 6.54 Å². The van der Waals surface area contributed by atoms with Crippen LogP contribution in [-0.4, -0.2) is 11.5 Å². The summed E-state index contributed by atoms with van der Waals surface area (Å²) in [6.45, 7) is 8.46. The van der Waals surface area contributed by atoms with Crippen LogP contribution in [-0.2, 0) is 12.3 Å². The Labute approximate surface area is 130 Å². The molecule has 0 aliphatic carbocycles. The van der Waals surface area contributed by atoms with Crippen LogP contribution in [0.1, 0.15) is 34.5 Å². The molecule has 0 radical (unpaired) electrons. The summed E-state index contributed by atoms with van der Waals surface area (Å²) in [7, 11) is 0. The fraction of sp³-hybridized carbons (Fsp3) is 0.438. The normalized spacial score (nSPS) is 10.9. The molecule has 108 valence electrons. The van der Waals surface area contributed by atoms with Crippen LogP contribution in [0, 0.1) is 13.8 Å². The van der Waals surface area contributed by atoms with E-state index in [9.17, 15) is 0 Å². The van der Waals surface area contributed by atoms with Gasteiger partial charge in [-0.1, -0.05) is 24.6 Å². The van der Waals surface area contributed by atoms with Gasteiger partial charge < -0.3 is 5.32 Å². The number of thioether (sulfide) groups is 1. The second-order valence-corrected chi connectivity index (χ2v) is 7.12. The van der Waals surface area contributed by atoms with Crippen LogP contribution in [0.25, 0.3) is 0 Å². The molecule has 0 fully saturated rings. The molecular formula is C16H22N2S2. The van der Waals surface area contributed by atoms with Gasteiger partial charge in [-0.3, -0.25) is 0 Å². The third kappa shape index (κ3) is 4.62. The molecule has 0 spiro atoms. The van der Waals surface area contributed by atoms with Crippen molar-refractivity contribution >= 4 is 23.1 Å². The Morgan fingerprint density at radius 1 is 1.30 bits per heavy atom. The summed E-state index contributed by atoms with van der Waals surface area (Å²) in [6.07, 6.45) is 1.17. The predicted molar refractivity (Wildman–Crippen MR) is 89.6 cm³/mol. The number of benzene rings is 1. The molecule has 2 rings (SSSR count). The molecule has 0 aliphatic rings. The Morgan fingerprint density at radius 2 is 2.15 bits per heavy atom. The molecule has 20 heavy (non-hydrogen) atoms. The minimum atomic E-state index is 0.951. The Kier molecular flexibility index (Phi) is 6.07. The van der Waals surface area contributed by atoms with Crippen molar-refractivity contribution in [3.05, 3.63) is 45.4 Å². The Bertz CT molecular complexity index is 549. The summed E-state index contributed by atoms with van der Waals surface area (Å²) >= 11 is 3.70. The molecule has 0 unspecified atom stereocenters.